The normalized spacial score (nSPS) is 11.9. The fraction of sp³-hybridized carbons (Fsp3) is 0.625. The van der Waals surface area contributed by atoms with E-state index in [2.05, 4.69) is 52.1 Å². The molecule has 0 aromatic heterocycles. The zero-order chi connectivity index (χ0) is 13.8. The summed E-state index contributed by atoms with van der Waals surface area (Å²) in [6.45, 7) is 12.0. The third kappa shape index (κ3) is 4.43. The molecule has 18 heavy (non-hydrogen) atoms. The first-order valence-corrected chi connectivity index (χ1v) is 6.78. The highest BCUT2D eigenvalue weighted by Gasteiger charge is 2.15. The van der Waals surface area contributed by atoms with Crippen LogP contribution in [0, 0.1) is 20.8 Å². The molecule has 0 aliphatic rings. The Morgan fingerprint density at radius 3 is 2.28 bits per heavy atom. The van der Waals surface area contributed by atoms with Gasteiger partial charge in [-0.05, 0) is 76.3 Å². The van der Waals surface area contributed by atoms with Gasteiger partial charge in [0, 0.05) is 12.1 Å². The van der Waals surface area contributed by atoms with Crippen molar-refractivity contribution in [3.05, 3.63) is 34.4 Å². The molecule has 0 atom stereocenters. The number of rotatable bonds is 6. The number of nitrogens with one attached hydrogen (secondary N) is 1. The monoisotopic (exact) mass is 249 g/mol. The molecule has 2 nitrogen and oxygen atoms in total. The zero-order valence-corrected chi connectivity index (χ0v) is 12.4. The summed E-state index contributed by atoms with van der Waals surface area (Å²) in [4.78, 5) is 0. The topological polar surface area (TPSA) is 32.3 Å². The molecule has 2 heteroatoms. The van der Waals surface area contributed by atoms with Crippen molar-refractivity contribution in [2.75, 3.05) is 13.2 Å². The van der Waals surface area contributed by atoms with Gasteiger partial charge in [0.1, 0.15) is 0 Å². The van der Waals surface area contributed by atoms with Crippen molar-refractivity contribution in [2.45, 2.75) is 53.0 Å². The molecule has 0 fully saturated rings. The van der Waals surface area contributed by atoms with Crippen molar-refractivity contribution >= 4 is 0 Å². The first-order chi connectivity index (χ1) is 8.35. The largest absolute Gasteiger partial charge is 0.396 e. The van der Waals surface area contributed by atoms with E-state index >= 15 is 0 Å². The van der Waals surface area contributed by atoms with Crippen molar-refractivity contribution in [1.29, 1.82) is 0 Å². The molecule has 0 heterocycles. The van der Waals surface area contributed by atoms with Crippen LogP contribution in [0.4, 0.5) is 0 Å². The second kappa shape index (κ2) is 6.35. The fourth-order valence-electron chi connectivity index (χ4n) is 2.19. The summed E-state index contributed by atoms with van der Waals surface area (Å²) < 4.78 is 0. The molecule has 102 valence electrons. The van der Waals surface area contributed by atoms with Crippen LogP contribution in [0.25, 0.3) is 0 Å². The van der Waals surface area contributed by atoms with Crippen LogP contribution in [0.2, 0.25) is 0 Å². The van der Waals surface area contributed by atoms with Crippen molar-refractivity contribution in [2.24, 2.45) is 0 Å². The Morgan fingerprint density at radius 1 is 1.06 bits per heavy atom. The fourth-order valence-corrected chi connectivity index (χ4v) is 2.19. The Balaban J connectivity index is 2.57. The quantitative estimate of drug-likeness (QED) is 0.812. The van der Waals surface area contributed by atoms with Gasteiger partial charge < -0.3 is 10.4 Å². The highest BCUT2D eigenvalue weighted by Crippen LogP contribution is 2.16. The van der Waals surface area contributed by atoms with E-state index in [0.29, 0.717) is 0 Å². The average molecular weight is 249 g/mol. The highest BCUT2D eigenvalue weighted by atomic mass is 16.3. The van der Waals surface area contributed by atoms with Gasteiger partial charge in [0.05, 0.1) is 0 Å². The lowest BCUT2D eigenvalue weighted by Crippen LogP contribution is -2.41. The van der Waals surface area contributed by atoms with Gasteiger partial charge in [-0.3, -0.25) is 0 Å². The Hall–Kier alpha value is -0.860. The van der Waals surface area contributed by atoms with Gasteiger partial charge in [-0.15, -0.1) is 0 Å². The molecule has 0 unspecified atom stereocenters. The molecule has 0 saturated carbocycles. The summed E-state index contributed by atoms with van der Waals surface area (Å²) in [6.07, 6.45) is 1.83. The van der Waals surface area contributed by atoms with Crippen LogP contribution in [0.15, 0.2) is 12.1 Å². The van der Waals surface area contributed by atoms with E-state index in [1.807, 2.05) is 0 Å². The predicted octanol–water partition coefficient (Wildman–Crippen LogP) is 2.90. The highest BCUT2D eigenvalue weighted by molar-refractivity contribution is 5.36. The molecular weight excluding hydrogens is 222 g/mol. The lowest BCUT2D eigenvalue weighted by atomic mass is 9.97. The summed E-state index contributed by atoms with van der Waals surface area (Å²) in [5, 5.41) is 12.5. The molecule has 0 aliphatic heterocycles. The number of aliphatic hydroxyl groups excluding tert-OH is 1. The summed E-state index contributed by atoms with van der Waals surface area (Å²) in [6, 6.07) is 4.56. The molecule has 1 rings (SSSR count). The first kappa shape index (κ1) is 15.2. The minimum absolute atomic E-state index is 0.0163. The maximum atomic E-state index is 8.99. The minimum Gasteiger partial charge on any atom is -0.396 e. The van der Waals surface area contributed by atoms with Crippen LogP contribution in [0.1, 0.15) is 42.5 Å². The first-order valence-electron chi connectivity index (χ1n) is 6.78. The van der Waals surface area contributed by atoms with Gasteiger partial charge in [0.15, 0.2) is 0 Å². The van der Waals surface area contributed by atoms with Crippen LogP contribution in [0.3, 0.4) is 0 Å². The van der Waals surface area contributed by atoms with E-state index in [0.717, 1.165) is 19.4 Å². The summed E-state index contributed by atoms with van der Waals surface area (Å²) in [7, 11) is 0. The van der Waals surface area contributed by atoms with E-state index in [9.17, 15) is 0 Å². The standard InChI is InChI=1S/C16H27NO/c1-12-10-14(3)15(11-13(12)2)6-8-17-16(4,5)7-9-18/h10-11,17-18H,6-9H2,1-5H3. The second-order valence-electron chi connectivity index (χ2n) is 5.90. The molecule has 0 spiro atoms. The van der Waals surface area contributed by atoms with E-state index in [-0.39, 0.29) is 12.1 Å². The van der Waals surface area contributed by atoms with Crippen LogP contribution in [-0.4, -0.2) is 23.8 Å². The lowest BCUT2D eigenvalue weighted by Gasteiger charge is -2.25. The second-order valence-corrected chi connectivity index (χ2v) is 5.90. The lowest BCUT2D eigenvalue weighted by molar-refractivity contribution is 0.231. The number of hydrogen-bond acceptors (Lipinski definition) is 2. The maximum Gasteiger partial charge on any atom is 0.0448 e. The van der Waals surface area contributed by atoms with Crippen LogP contribution in [0.5, 0.6) is 0 Å². The molecule has 0 radical (unpaired) electrons. The number of aliphatic hydroxyl groups is 1. The van der Waals surface area contributed by atoms with Gasteiger partial charge in [0.2, 0.25) is 0 Å². The predicted molar refractivity (Wildman–Crippen MR) is 78.1 cm³/mol. The van der Waals surface area contributed by atoms with Gasteiger partial charge in [-0.25, -0.2) is 0 Å². The Bertz CT molecular complexity index is 396. The van der Waals surface area contributed by atoms with Gasteiger partial charge in [-0.1, -0.05) is 12.1 Å². The van der Waals surface area contributed by atoms with Crippen LogP contribution in [-0.2, 0) is 6.42 Å². The van der Waals surface area contributed by atoms with Crippen molar-refractivity contribution in [3.8, 4) is 0 Å². The molecule has 1 aromatic rings. The van der Waals surface area contributed by atoms with Gasteiger partial charge >= 0.3 is 0 Å². The number of hydrogen-bond donors (Lipinski definition) is 2. The zero-order valence-electron chi connectivity index (χ0n) is 12.4. The Morgan fingerprint density at radius 2 is 1.67 bits per heavy atom. The molecule has 0 amide bonds. The number of benzene rings is 1. The van der Waals surface area contributed by atoms with Gasteiger partial charge in [-0.2, -0.15) is 0 Å². The Kier molecular flexibility index (Phi) is 5.36. The molecular formula is C16H27NO. The van der Waals surface area contributed by atoms with E-state index in [4.69, 9.17) is 5.11 Å². The summed E-state index contributed by atoms with van der Waals surface area (Å²) in [5.74, 6) is 0. The summed E-state index contributed by atoms with van der Waals surface area (Å²) in [5.41, 5.74) is 5.54. The van der Waals surface area contributed by atoms with Crippen molar-refractivity contribution in [1.82, 2.24) is 5.32 Å². The van der Waals surface area contributed by atoms with Crippen LogP contribution >= 0.6 is 0 Å². The smallest absolute Gasteiger partial charge is 0.0448 e. The molecule has 0 aliphatic carbocycles. The molecule has 2 N–H and O–H groups in total. The third-order valence-corrected chi connectivity index (χ3v) is 3.69. The Labute approximate surface area is 111 Å². The SMILES string of the molecule is Cc1cc(C)c(CCNC(C)(C)CCO)cc1C. The average Bonchev–Trinajstić information content (AvgIpc) is 2.25. The van der Waals surface area contributed by atoms with Gasteiger partial charge in [0.25, 0.3) is 0 Å². The van der Waals surface area contributed by atoms with E-state index in [1.165, 1.54) is 22.3 Å². The van der Waals surface area contributed by atoms with E-state index < -0.39 is 0 Å². The van der Waals surface area contributed by atoms with Crippen LogP contribution < -0.4 is 5.32 Å². The third-order valence-electron chi connectivity index (χ3n) is 3.69. The van der Waals surface area contributed by atoms with Crippen molar-refractivity contribution < 1.29 is 5.11 Å². The molecule has 0 bridgehead atoms. The maximum absolute atomic E-state index is 8.99. The molecule has 0 saturated heterocycles. The number of aryl methyl sites for hydroxylation is 3. The summed E-state index contributed by atoms with van der Waals surface area (Å²) >= 11 is 0. The van der Waals surface area contributed by atoms with Crippen molar-refractivity contribution in [3.63, 3.8) is 0 Å². The molecule has 1 aromatic carbocycles. The minimum atomic E-state index is 0.0163. The van der Waals surface area contributed by atoms with E-state index in [1.54, 1.807) is 0 Å².